The van der Waals surface area contributed by atoms with Gasteiger partial charge in [0.2, 0.25) is 0 Å². The highest BCUT2D eigenvalue weighted by Crippen LogP contribution is 2.32. The smallest absolute Gasteiger partial charge is 0.338 e. The Kier molecular flexibility index (Phi) is 3.22. The molecule has 0 radical (unpaired) electrons. The van der Waals surface area contributed by atoms with E-state index in [-0.39, 0.29) is 5.97 Å². The third-order valence-electron chi connectivity index (χ3n) is 3.08. The van der Waals surface area contributed by atoms with Crippen molar-refractivity contribution in [3.63, 3.8) is 0 Å². The summed E-state index contributed by atoms with van der Waals surface area (Å²) in [5.74, 6) is -0.253. The van der Waals surface area contributed by atoms with E-state index >= 15 is 0 Å². The number of anilines is 2. The van der Waals surface area contributed by atoms with E-state index < -0.39 is 0 Å². The highest BCUT2D eigenvalue weighted by atomic mass is 16.5. The molecule has 1 aliphatic heterocycles. The van der Waals surface area contributed by atoms with Crippen LogP contribution in [0.5, 0.6) is 0 Å². The summed E-state index contributed by atoms with van der Waals surface area (Å²) in [7, 11) is 4.11. The lowest BCUT2D eigenvalue weighted by Crippen LogP contribution is -2.36. The van der Waals surface area contributed by atoms with Crippen LogP contribution >= 0.6 is 0 Å². The quantitative estimate of drug-likeness (QED) is 0.730. The molecule has 17 heavy (non-hydrogen) atoms. The van der Waals surface area contributed by atoms with Gasteiger partial charge in [-0.05, 0) is 25.1 Å². The van der Waals surface area contributed by atoms with E-state index in [4.69, 9.17) is 4.74 Å². The number of fused-ring (bicyclic) bond motifs is 1. The first-order valence-electron chi connectivity index (χ1n) is 5.87. The van der Waals surface area contributed by atoms with Gasteiger partial charge in [-0.1, -0.05) is 0 Å². The maximum Gasteiger partial charge on any atom is 0.338 e. The first-order chi connectivity index (χ1) is 8.13. The van der Waals surface area contributed by atoms with Crippen LogP contribution in [0.4, 0.5) is 11.4 Å². The van der Waals surface area contributed by atoms with Crippen LogP contribution in [0.15, 0.2) is 18.2 Å². The number of hydrogen-bond acceptors (Lipinski definition) is 4. The van der Waals surface area contributed by atoms with Crippen LogP contribution in [0.2, 0.25) is 0 Å². The van der Waals surface area contributed by atoms with Gasteiger partial charge in [0.05, 0.1) is 23.5 Å². The number of esters is 1. The second-order valence-electron chi connectivity index (χ2n) is 4.27. The van der Waals surface area contributed by atoms with Crippen molar-refractivity contribution in [1.29, 1.82) is 0 Å². The normalized spacial score (nSPS) is 14.5. The summed E-state index contributed by atoms with van der Waals surface area (Å²) in [6.07, 6.45) is 0. The van der Waals surface area contributed by atoms with E-state index in [2.05, 4.69) is 16.8 Å². The zero-order valence-electron chi connectivity index (χ0n) is 10.6. The lowest BCUT2D eigenvalue weighted by molar-refractivity contribution is 0.0526. The molecular formula is C13H18N2O2. The second kappa shape index (κ2) is 4.65. The van der Waals surface area contributed by atoms with Gasteiger partial charge in [0, 0.05) is 27.2 Å². The summed E-state index contributed by atoms with van der Waals surface area (Å²) >= 11 is 0. The molecule has 4 nitrogen and oxygen atoms in total. The molecule has 0 bridgehead atoms. The molecule has 0 aromatic heterocycles. The minimum absolute atomic E-state index is 0.253. The number of likely N-dealkylation sites (N-methyl/N-ethyl adjacent to an activating group) is 2. The number of carbonyl (C=O) groups excluding carboxylic acids is 1. The van der Waals surface area contributed by atoms with Crippen molar-refractivity contribution in [2.75, 3.05) is 43.6 Å². The molecule has 0 saturated carbocycles. The molecule has 1 heterocycles. The van der Waals surface area contributed by atoms with Gasteiger partial charge < -0.3 is 14.5 Å². The zero-order chi connectivity index (χ0) is 12.4. The summed E-state index contributed by atoms with van der Waals surface area (Å²) in [4.78, 5) is 16.0. The monoisotopic (exact) mass is 234 g/mol. The van der Waals surface area contributed by atoms with E-state index in [0.29, 0.717) is 12.2 Å². The molecule has 0 atom stereocenters. The predicted molar refractivity (Wildman–Crippen MR) is 68.9 cm³/mol. The Morgan fingerprint density at radius 2 is 1.88 bits per heavy atom. The van der Waals surface area contributed by atoms with Crippen molar-refractivity contribution in [2.24, 2.45) is 0 Å². The van der Waals surface area contributed by atoms with Gasteiger partial charge in [-0.15, -0.1) is 0 Å². The third-order valence-corrected chi connectivity index (χ3v) is 3.08. The number of ether oxygens (including phenoxy) is 1. The van der Waals surface area contributed by atoms with Crippen LogP contribution in [0.25, 0.3) is 0 Å². The molecule has 0 unspecified atom stereocenters. The summed E-state index contributed by atoms with van der Waals surface area (Å²) < 4.78 is 5.01. The Morgan fingerprint density at radius 1 is 1.24 bits per heavy atom. The van der Waals surface area contributed by atoms with Crippen molar-refractivity contribution in [3.05, 3.63) is 23.8 Å². The van der Waals surface area contributed by atoms with E-state index in [0.717, 1.165) is 24.5 Å². The molecule has 0 aliphatic carbocycles. The lowest BCUT2D eigenvalue weighted by atomic mass is 10.1. The van der Waals surface area contributed by atoms with Crippen molar-refractivity contribution in [2.45, 2.75) is 6.92 Å². The molecule has 1 aliphatic rings. The molecule has 4 heteroatoms. The average molecular weight is 234 g/mol. The largest absolute Gasteiger partial charge is 0.462 e. The molecule has 92 valence electrons. The molecule has 0 N–H and O–H groups in total. The molecule has 0 amide bonds. The number of rotatable bonds is 2. The highest BCUT2D eigenvalue weighted by molar-refractivity contribution is 5.92. The van der Waals surface area contributed by atoms with E-state index in [1.165, 1.54) is 0 Å². The Balaban J connectivity index is 2.35. The topological polar surface area (TPSA) is 32.8 Å². The molecule has 2 rings (SSSR count). The SMILES string of the molecule is CCOC(=O)c1ccc2c(c1)N(C)CCN2C. The van der Waals surface area contributed by atoms with E-state index in [1.54, 1.807) is 0 Å². The van der Waals surface area contributed by atoms with Gasteiger partial charge in [-0.2, -0.15) is 0 Å². The minimum atomic E-state index is -0.253. The van der Waals surface area contributed by atoms with Gasteiger partial charge in [-0.25, -0.2) is 4.79 Å². The Labute approximate surface area is 102 Å². The molecule has 0 spiro atoms. The van der Waals surface area contributed by atoms with Crippen LogP contribution in [-0.4, -0.2) is 39.8 Å². The third kappa shape index (κ3) is 2.20. The Morgan fingerprint density at radius 3 is 2.53 bits per heavy atom. The van der Waals surface area contributed by atoms with Gasteiger partial charge in [-0.3, -0.25) is 0 Å². The standard InChI is InChI=1S/C13H18N2O2/c1-4-17-13(16)10-5-6-11-12(9-10)15(3)8-7-14(11)2/h5-6,9H,4,7-8H2,1-3H3. The molecular weight excluding hydrogens is 216 g/mol. The molecule has 1 aromatic carbocycles. The van der Waals surface area contributed by atoms with E-state index in [1.807, 2.05) is 32.2 Å². The fraction of sp³-hybridized carbons (Fsp3) is 0.462. The lowest BCUT2D eigenvalue weighted by Gasteiger charge is -2.34. The molecule has 0 fully saturated rings. The Bertz CT molecular complexity index is 431. The minimum Gasteiger partial charge on any atom is -0.462 e. The van der Waals surface area contributed by atoms with Gasteiger partial charge >= 0.3 is 5.97 Å². The number of benzene rings is 1. The summed E-state index contributed by atoms with van der Waals surface area (Å²) in [6.45, 7) is 4.19. The van der Waals surface area contributed by atoms with Gasteiger partial charge in [0.15, 0.2) is 0 Å². The maximum absolute atomic E-state index is 11.7. The summed E-state index contributed by atoms with van der Waals surface area (Å²) in [6, 6.07) is 5.72. The van der Waals surface area contributed by atoms with Crippen LogP contribution in [-0.2, 0) is 4.74 Å². The van der Waals surface area contributed by atoms with Crippen LogP contribution < -0.4 is 9.80 Å². The van der Waals surface area contributed by atoms with Crippen molar-refractivity contribution in [1.82, 2.24) is 0 Å². The number of nitrogens with zero attached hydrogens (tertiary/aromatic N) is 2. The first-order valence-corrected chi connectivity index (χ1v) is 5.87. The highest BCUT2D eigenvalue weighted by Gasteiger charge is 2.19. The van der Waals surface area contributed by atoms with Crippen LogP contribution in [0.1, 0.15) is 17.3 Å². The Hall–Kier alpha value is -1.71. The second-order valence-corrected chi connectivity index (χ2v) is 4.27. The van der Waals surface area contributed by atoms with Crippen molar-refractivity contribution in [3.8, 4) is 0 Å². The average Bonchev–Trinajstić information content (AvgIpc) is 2.34. The summed E-state index contributed by atoms with van der Waals surface area (Å²) in [5.41, 5.74) is 2.86. The van der Waals surface area contributed by atoms with Crippen LogP contribution in [0.3, 0.4) is 0 Å². The van der Waals surface area contributed by atoms with Gasteiger partial charge in [0.25, 0.3) is 0 Å². The van der Waals surface area contributed by atoms with Crippen LogP contribution in [0, 0.1) is 0 Å². The summed E-state index contributed by atoms with van der Waals surface area (Å²) in [5, 5.41) is 0. The molecule has 1 aromatic rings. The van der Waals surface area contributed by atoms with E-state index in [9.17, 15) is 4.79 Å². The maximum atomic E-state index is 11.7. The molecule has 0 saturated heterocycles. The fourth-order valence-electron chi connectivity index (χ4n) is 2.03. The van der Waals surface area contributed by atoms with Crippen molar-refractivity contribution < 1.29 is 9.53 Å². The predicted octanol–water partition coefficient (Wildman–Crippen LogP) is 1.75. The van der Waals surface area contributed by atoms with Crippen molar-refractivity contribution >= 4 is 17.3 Å². The number of hydrogen-bond donors (Lipinski definition) is 0. The first kappa shape index (κ1) is 11.8. The van der Waals surface area contributed by atoms with Gasteiger partial charge in [0.1, 0.15) is 0 Å². The fourth-order valence-corrected chi connectivity index (χ4v) is 2.03. The number of carbonyl (C=O) groups is 1. The zero-order valence-corrected chi connectivity index (χ0v) is 10.6.